The first-order valence-corrected chi connectivity index (χ1v) is 8.92. The molecule has 0 bridgehead atoms. The van der Waals surface area contributed by atoms with Gasteiger partial charge in [0.25, 0.3) is 0 Å². The highest BCUT2D eigenvalue weighted by Crippen LogP contribution is 2.09. The quantitative estimate of drug-likeness (QED) is 0.822. The average molecular weight is 339 g/mol. The summed E-state index contributed by atoms with van der Waals surface area (Å²) in [6, 6.07) is 15.9. The fraction of sp³-hybridized carbons (Fsp3) is 0.429. The minimum atomic E-state index is -0.0870. The number of rotatable bonds is 6. The van der Waals surface area contributed by atoms with Crippen molar-refractivity contribution in [2.24, 2.45) is 0 Å². The van der Waals surface area contributed by atoms with Crippen molar-refractivity contribution in [2.75, 3.05) is 26.2 Å². The molecule has 1 heterocycles. The third kappa shape index (κ3) is 5.62. The Morgan fingerprint density at radius 2 is 1.48 bits per heavy atom. The predicted molar refractivity (Wildman–Crippen MR) is 107 cm³/mol. The molecule has 0 unspecified atom stereocenters. The van der Waals surface area contributed by atoms with Crippen molar-refractivity contribution in [1.82, 2.24) is 4.90 Å². The van der Waals surface area contributed by atoms with Crippen molar-refractivity contribution in [1.29, 1.82) is 0 Å². The Labute approximate surface area is 152 Å². The van der Waals surface area contributed by atoms with Crippen LogP contribution in [0.15, 0.2) is 48.5 Å². The SMILES string of the molecule is C.Cc1ccc(B(OCCN2CCCCC2)c2ccc(O)cc2)cc1. The van der Waals surface area contributed by atoms with Gasteiger partial charge in [0.2, 0.25) is 0 Å². The van der Waals surface area contributed by atoms with Gasteiger partial charge in [-0.3, -0.25) is 0 Å². The van der Waals surface area contributed by atoms with Crippen molar-refractivity contribution in [3.05, 3.63) is 54.1 Å². The molecule has 1 aliphatic rings. The molecular weight excluding hydrogens is 309 g/mol. The molecule has 2 aromatic rings. The number of benzene rings is 2. The molecule has 25 heavy (non-hydrogen) atoms. The molecule has 1 aliphatic heterocycles. The van der Waals surface area contributed by atoms with E-state index >= 15 is 0 Å². The Hall–Kier alpha value is -1.78. The molecule has 1 saturated heterocycles. The fourth-order valence-corrected chi connectivity index (χ4v) is 3.26. The standard InChI is InChI=1S/C20H26BNO2.CH4/c1-17-5-7-18(8-6-17)21(19-9-11-20(23)12-10-19)24-16-15-22-13-3-2-4-14-22;/h5-12,23H,2-4,13-16H2,1H3;1H4. The lowest BCUT2D eigenvalue weighted by Gasteiger charge is -2.27. The van der Waals surface area contributed by atoms with E-state index in [1.807, 2.05) is 12.1 Å². The van der Waals surface area contributed by atoms with Crippen LogP contribution in [-0.2, 0) is 4.65 Å². The van der Waals surface area contributed by atoms with Crippen LogP contribution in [0.1, 0.15) is 32.3 Å². The Kier molecular flexibility index (Phi) is 7.54. The monoisotopic (exact) mass is 339 g/mol. The lowest BCUT2D eigenvalue weighted by Crippen LogP contribution is -2.46. The number of nitrogens with zero attached hydrogens (tertiary/aromatic N) is 1. The van der Waals surface area contributed by atoms with E-state index < -0.39 is 0 Å². The highest BCUT2D eigenvalue weighted by atomic mass is 16.4. The Bertz CT molecular complexity index is 576. The molecule has 134 valence electrons. The number of hydrogen-bond acceptors (Lipinski definition) is 3. The number of hydrogen-bond donors (Lipinski definition) is 1. The number of phenols is 1. The smallest absolute Gasteiger partial charge is 0.361 e. The van der Waals surface area contributed by atoms with Crippen LogP contribution in [0.2, 0.25) is 0 Å². The second kappa shape index (κ2) is 9.64. The highest BCUT2D eigenvalue weighted by Gasteiger charge is 2.22. The highest BCUT2D eigenvalue weighted by molar-refractivity contribution is 6.80. The fourth-order valence-electron chi connectivity index (χ4n) is 3.26. The maximum Gasteiger partial charge on any atom is 0.361 e. The van der Waals surface area contributed by atoms with Gasteiger partial charge in [-0.1, -0.05) is 55.8 Å². The molecular formula is C21H30BNO2. The molecule has 0 aromatic heterocycles. The molecule has 0 saturated carbocycles. The average Bonchev–Trinajstić information content (AvgIpc) is 2.62. The molecule has 3 nitrogen and oxygen atoms in total. The molecule has 4 heteroatoms. The number of piperidine rings is 1. The van der Waals surface area contributed by atoms with Crippen molar-refractivity contribution >= 4 is 17.8 Å². The van der Waals surface area contributed by atoms with Crippen LogP contribution >= 0.6 is 0 Å². The van der Waals surface area contributed by atoms with Crippen LogP contribution in [-0.4, -0.2) is 43.2 Å². The van der Waals surface area contributed by atoms with Crippen LogP contribution in [0.4, 0.5) is 0 Å². The Morgan fingerprint density at radius 3 is 2.08 bits per heavy atom. The summed E-state index contributed by atoms with van der Waals surface area (Å²) in [7, 11) is 0. The lowest BCUT2D eigenvalue weighted by molar-refractivity contribution is 0.186. The van der Waals surface area contributed by atoms with Gasteiger partial charge in [-0.2, -0.15) is 0 Å². The Morgan fingerprint density at radius 1 is 0.920 bits per heavy atom. The van der Waals surface area contributed by atoms with Crippen LogP contribution in [0, 0.1) is 6.92 Å². The van der Waals surface area contributed by atoms with Crippen molar-refractivity contribution in [2.45, 2.75) is 33.6 Å². The van der Waals surface area contributed by atoms with Gasteiger partial charge in [-0.25, -0.2) is 0 Å². The second-order valence-corrected chi connectivity index (χ2v) is 6.66. The normalized spacial score (nSPS) is 14.8. The first-order valence-electron chi connectivity index (χ1n) is 8.92. The molecule has 0 amide bonds. The zero-order valence-corrected chi connectivity index (χ0v) is 14.4. The van der Waals surface area contributed by atoms with Gasteiger partial charge in [-0.15, -0.1) is 0 Å². The summed E-state index contributed by atoms with van der Waals surface area (Å²) in [5.74, 6) is 0.287. The van der Waals surface area contributed by atoms with Gasteiger partial charge in [0.15, 0.2) is 0 Å². The maximum atomic E-state index is 9.54. The van der Waals surface area contributed by atoms with E-state index in [2.05, 4.69) is 36.1 Å². The van der Waals surface area contributed by atoms with E-state index in [1.54, 1.807) is 12.1 Å². The molecule has 0 spiro atoms. The molecule has 1 fully saturated rings. The van der Waals surface area contributed by atoms with Gasteiger partial charge in [0, 0.05) is 13.2 Å². The third-order valence-corrected chi connectivity index (χ3v) is 4.72. The second-order valence-electron chi connectivity index (χ2n) is 6.66. The molecule has 0 atom stereocenters. The summed E-state index contributed by atoms with van der Waals surface area (Å²) in [5, 5.41) is 9.54. The van der Waals surface area contributed by atoms with Crippen LogP contribution < -0.4 is 10.9 Å². The number of likely N-dealkylation sites (tertiary alicyclic amines) is 1. The maximum absolute atomic E-state index is 9.54. The molecule has 2 aromatic carbocycles. The van der Waals surface area contributed by atoms with Crippen molar-refractivity contribution in [3.8, 4) is 5.75 Å². The number of aromatic hydroxyl groups is 1. The number of phenolic OH excluding ortho intramolecular Hbond substituents is 1. The van der Waals surface area contributed by atoms with Gasteiger partial charge < -0.3 is 14.7 Å². The van der Waals surface area contributed by atoms with E-state index in [1.165, 1.54) is 37.9 Å². The summed E-state index contributed by atoms with van der Waals surface area (Å²) >= 11 is 0. The molecule has 3 rings (SSSR count). The van der Waals surface area contributed by atoms with Crippen LogP contribution in [0.3, 0.4) is 0 Å². The summed E-state index contributed by atoms with van der Waals surface area (Å²) in [6.45, 7) is 6.10. The number of aryl methyl sites for hydroxylation is 1. The van der Waals surface area contributed by atoms with Gasteiger partial charge in [0.05, 0.1) is 0 Å². The van der Waals surface area contributed by atoms with Crippen LogP contribution in [0.25, 0.3) is 0 Å². The van der Waals surface area contributed by atoms with E-state index in [0.29, 0.717) is 0 Å². The molecule has 1 N–H and O–H groups in total. The first-order chi connectivity index (χ1) is 11.7. The lowest BCUT2D eigenvalue weighted by atomic mass is 9.55. The zero-order chi connectivity index (χ0) is 16.8. The zero-order valence-electron chi connectivity index (χ0n) is 14.4. The molecule has 0 radical (unpaired) electrons. The molecule has 0 aliphatic carbocycles. The minimum Gasteiger partial charge on any atom is -0.508 e. The van der Waals surface area contributed by atoms with E-state index in [0.717, 1.165) is 24.1 Å². The van der Waals surface area contributed by atoms with Gasteiger partial charge in [0.1, 0.15) is 5.75 Å². The van der Waals surface area contributed by atoms with Gasteiger partial charge >= 0.3 is 6.92 Å². The summed E-state index contributed by atoms with van der Waals surface area (Å²) in [5.41, 5.74) is 3.48. The predicted octanol–water partition coefficient (Wildman–Crippen LogP) is 2.94. The minimum absolute atomic E-state index is 0. The van der Waals surface area contributed by atoms with E-state index in [-0.39, 0.29) is 20.1 Å². The van der Waals surface area contributed by atoms with Crippen LogP contribution in [0.5, 0.6) is 5.75 Å². The third-order valence-electron chi connectivity index (χ3n) is 4.72. The first kappa shape index (κ1) is 19.5. The van der Waals surface area contributed by atoms with E-state index in [4.69, 9.17) is 4.65 Å². The summed E-state index contributed by atoms with van der Waals surface area (Å²) in [6.07, 6.45) is 3.97. The van der Waals surface area contributed by atoms with Gasteiger partial charge in [-0.05, 0) is 55.9 Å². The summed E-state index contributed by atoms with van der Waals surface area (Å²) < 4.78 is 6.27. The van der Waals surface area contributed by atoms with Crippen molar-refractivity contribution in [3.63, 3.8) is 0 Å². The van der Waals surface area contributed by atoms with Crippen molar-refractivity contribution < 1.29 is 9.76 Å². The summed E-state index contributed by atoms with van der Waals surface area (Å²) in [4.78, 5) is 2.49. The topological polar surface area (TPSA) is 32.7 Å². The van der Waals surface area contributed by atoms with E-state index in [9.17, 15) is 5.11 Å². The largest absolute Gasteiger partial charge is 0.508 e. The Balaban J connectivity index is 0.00000225.